The molecule has 0 radical (unpaired) electrons. The smallest absolute Gasteiger partial charge is 0.263 e. The zero-order valence-corrected chi connectivity index (χ0v) is 11.3. The molecule has 0 fully saturated rings. The molecule has 0 spiro atoms. The summed E-state index contributed by atoms with van der Waals surface area (Å²) in [7, 11) is 1.77. The molecule has 0 atom stereocenters. The highest BCUT2D eigenvalue weighted by Crippen LogP contribution is 2.12. The fourth-order valence-electron chi connectivity index (χ4n) is 1.60. The lowest BCUT2D eigenvalue weighted by Gasteiger charge is -2.06. The topological polar surface area (TPSA) is 73.2 Å². The van der Waals surface area contributed by atoms with Crippen molar-refractivity contribution in [3.63, 3.8) is 0 Å². The van der Waals surface area contributed by atoms with Gasteiger partial charge >= 0.3 is 0 Å². The zero-order chi connectivity index (χ0) is 14.5. The van der Waals surface area contributed by atoms with Crippen LogP contribution in [0.15, 0.2) is 36.5 Å². The maximum atomic E-state index is 11.6. The van der Waals surface area contributed by atoms with Gasteiger partial charge in [0.15, 0.2) is 18.2 Å². The summed E-state index contributed by atoms with van der Waals surface area (Å²) in [4.78, 5) is 22.7. The number of amides is 1. The predicted octanol–water partition coefficient (Wildman–Crippen LogP) is 1.64. The molecule has 0 unspecified atom stereocenters. The molecule has 0 aliphatic carbocycles. The summed E-state index contributed by atoms with van der Waals surface area (Å²) in [6, 6.07) is 8.33. The lowest BCUT2D eigenvalue weighted by molar-refractivity contribution is -0.118. The van der Waals surface area contributed by atoms with Gasteiger partial charge in [0.25, 0.3) is 5.91 Å². The van der Waals surface area contributed by atoms with E-state index in [1.165, 1.54) is 6.92 Å². The van der Waals surface area contributed by atoms with Gasteiger partial charge in [-0.3, -0.25) is 14.3 Å². The van der Waals surface area contributed by atoms with Gasteiger partial charge in [0.1, 0.15) is 5.75 Å². The first-order valence-corrected chi connectivity index (χ1v) is 6.08. The monoisotopic (exact) mass is 273 g/mol. The second kappa shape index (κ2) is 6.01. The fourth-order valence-corrected chi connectivity index (χ4v) is 1.60. The van der Waals surface area contributed by atoms with E-state index in [2.05, 4.69) is 10.4 Å². The number of carbonyl (C=O) groups excluding carboxylic acids is 2. The maximum Gasteiger partial charge on any atom is 0.263 e. The van der Waals surface area contributed by atoms with Gasteiger partial charge in [-0.25, -0.2) is 0 Å². The number of anilines is 1. The third-order valence-corrected chi connectivity index (χ3v) is 2.61. The van der Waals surface area contributed by atoms with Crippen molar-refractivity contribution in [2.24, 2.45) is 7.05 Å². The standard InChI is InChI=1S/C14H15N3O3/c1-10(18)11-3-5-12(6-4-11)20-9-14(19)15-13-7-8-17(2)16-13/h3-8H,9H2,1-2H3,(H,15,16,19). The molecule has 6 heteroatoms. The van der Waals surface area contributed by atoms with Gasteiger partial charge in [-0.1, -0.05) is 0 Å². The highest BCUT2D eigenvalue weighted by atomic mass is 16.5. The number of carbonyl (C=O) groups is 2. The highest BCUT2D eigenvalue weighted by molar-refractivity contribution is 5.94. The average molecular weight is 273 g/mol. The van der Waals surface area contributed by atoms with Crippen molar-refractivity contribution in [2.45, 2.75) is 6.92 Å². The van der Waals surface area contributed by atoms with Crippen LogP contribution in [0.5, 0.6) is 5.75 Å². The summed E-state index contributed by atoms with van der Waals surface area (Å²) >= 11 is 0. The van der Waals surface area contributed by atoms with E-state index in [9.17, 15) is 9.59 Å². The first-order valence-electron chi connectivity index (χ1n) is 6.08. The molecule has 20 heavy (non-hydrogen) atoms. The Kier molecular flexibility index (Phi) is 4.14. The van der Waals surface area contributed by atoms with Crippen LogP contribution in [0.3, 0.4) is 0 Å². The minimum Gasteiger partial charge on any atom is -0.484 e. The first kappa shape index (κ1) is 13.8. The Balaban J connectivity index is 1.85. The SMILES string of the molecule is CC(=O)c1ccc(OCC(=O)Nc2ccn(C)n2)cc1. The Hall–Kier alpha value is -2.63. The molecule has 2 aromatic rings. The Morgan fingerprint density at radius 1 is 1.25 bits per heavy atom. The average Bonchev–Trinajstić information content (AvgIpc) is 2.82. The number of hydrogen-bond acceptors (Lipinski definition) is 4. The lowest BCUT2D eigenvalue weighted by atomic mass is 10.1. The van der Waals surface area contributed by atoms with E-state index in [0.29, 0.717) is 17.1 Å². The van der Waals surface area contributed by atoms with Crippen LogP contribution in [-0.4, -0.2) is 28.1 Å². The first-order chi connectivity index (χ1) is 9.54. The van der Waals surface area contributed by atoms with Gasteiger partial charge < -0.3 is 10.1 Å². The van der Waals surface area contributed by atoms with Crippen LogP contribution in [0.25, 0.3) is 0 Å². The van der Waals surface area contributed by atoms with Crippen molar-refractivity contribution in [3.8, 4) is 5.75 Å². The van der Waals surface area contributed by atoms with Crippen LogP contribution in [-0.2, 0) is 11.8 Å². The number of ether oxygens (including phenoxy) is 1. The number of hydrogen-bond donors (Lipinski definition) is 1. The second-order valence-corrected chi connectivity index (χ2v) is 4.29. The molecule has 0 aliphatic heterocycles. The van der Waals surface area contributed by atoms with Crippen molar-refractivity contribution in [1.29, 1.82) is 0 Å². The maximum absolute atomic E-state index is 11.6. The van der Waals surface area contributed by atoms with Crippen LogP contribution in [0.2, 0.25) is 0 Å². The Bertz CT molecular complexity index is 617. The highest BCUT2D eigenvalue weighted by Gasteiger charge is 2.06. The van der Waals surface area contributed by atoms with E-state index in [1.807, 2.05) is 0 Å². The van der Waals surface area contributed by atoms with Gasteiger partial charge in [0.2, 0.25) is 0 Å². The van der Waals surface area contributed by atoms with Gasteiger partial charge in [-0.15, -0.1) is 0 Å². The molecule has 1 heterocycles. The molecule has 1 aromatic carbocycles. The van der Waals surface area contributed by atoms with Crippen molar-refractivity contribution in [1.82, 2.24) is 9.78 Å². The quantitative estimate of drug-likeness (QED) is 0.840. The van der Waals surface area contributed by atoms with Gasteiger partial charge in [0.05, 0.1) is 0 Å². The number of aryl methyl sites for hydroxylation is 1. The Morgan fingerprint density at radius 3 is 2.50 bits per heavy atom. The van der Waals surface area contributed by atoms with E-state index >= 15 is 0 Å². The lowest BCUT2D eigenvalue weighted by Crippen LogP contribution is -2.20. The van der Waals surface area contributed by atoms with Crippen molar-refractivity contribution in [3.05, 3.63) is 42.1 Å². The molecule has 1 aromatic heterocycles. The summed E-state index contributed by atoms with van der Waals surface area (Å²) in [6.45, 7) is 1.38. The third kappa shape index (κ3) is 3.68. The Morgan fingerprint density at radius 2 is 1.95 bits per heavy atom. The zero-order valence-electron chi connectivity index (χ0n) is 11.3. The second-order valence-electron chi connectivity index (χ2n) is 4.29. The van der Waals surface area contributed by atoms with E-state index in [0.717, 1.165) is 0 Å². The summed E-state index contributed by atoms with van der Waals surface area (Å²) in [5.74, 6) is 0.711. The summed E-state index contributed by atoms with van der Waals surface area (Å²) in [5.41, 5.74) is 0.607. The molecule has 2 rings (SSSR count). The minimum atomic E-state index is -0.292. The fraction of sp³-hybridized carbons (Fsp3) is 0.214. The number of nitrogens with zero attached hydrogens (tertiary/aromatic N) is 2. The van der Waals surface area contributed by atoms with Crippen molar-refractivity contribution >= 4 is 17.5 Å². The van der Waals surface area contributed by atoms with Crippen LogP contribution < -0.4 is 10.1 Å². The Labute approximate surface area is 116 Å². The number of nitrogens with one attached hydrogen (secondary N) is 1. The van der Waals surface area contributed by atoms with Crippen LogP contribution in [0, 0.1) is 0 Å². The van der Waals surface area contributed by atoms with Crippen LogP contribution in [0.1, 0.15) is 17.3 Å². The number of Topliss-reactive ketones (excluding diaryl/α,β-unsaturated/α-hetero) is 1. The molecule has 104 valence electrons. The number of ketones is 1. The molecular formula is C14H15N3O3. The van der Waals surface area contributed by atoms with E-state index in [4.69, 9.17) is 4.74 Å². The van der Waals surface area contributed by atoms with Crippen LogP contribution in [0.4, 0.5) is 5.82 Å². The number of benzene rings is 1. The molecule has 6 nitrogen and oxygen atoms in total. The summed E-state index contributed by atoms with van der Waals surface area (Å²) in [6.07, 6.45) is 1.73. The van der Waals surface area contributed by atoms with E-state index in [1.54, 1.807) is 48.3 Å². The molecule has 0 saturated heterocycles. The molecule has 0 bridgehead atoms. The molecule has 0 saturated carbocycles. The van der Waals surface area contributed by atoms with Gasteiger partial charge in [-0.2, -0.15) is 5.10 Å². The predicted molar refractivity (Wildman–Crippen MR) is 73.8 cm³/mol. The molecular weight excluding hydrogens is 258 g/mol. The largest absolute Gasteiger partial charge is 0.484 e. The summed E-state index contributed by atoms with van der Waals surface area (Å²) in [5, 5.41) is 6.64. The van der Waals surface area contributed by atoms with Crippen LogP contribution >= 0.6 is 0 Å². The van der Waals surface area contributed by atoms with Crippen molar-refractivity contribution < 1.29 is 14.3 Å². The normalized spacial score (nSPS) is 10.1. The van der Waals surface area contributed by atoms with Gasteiger partial charge in [-0.05, 0) is 31.2 Å². The molecule has 1 N–H and O–H groups in total. The molecule has 0 aliphatic rings. The van der Waals surface area contributed by atoms with Gasteiger partial charge in [0, 0.05) is 24.9 Å². The minimum absolute atomic E-state index is 0.00977. The van der Waals surface area contributed by atoms with E-state index in [-0.39, 0.29) is 18.3 Å². The third-order valence-electron chi connectivity index (χ3n) is 2.61. The molecule has 1 amide bonds. The van der Waals surface area contributed by atoms with Crippen molar-refractivity contribution in [2.75, 3.05) is 11.9 Å². The number of aromatic nitrogens is 2. The van der Waals surface area contributed by atoms with E-state index < -0.39 is 0 Å². The summed E-state index contributed by atoms with van der Waals surface area (Å²) < 4.78 is 6.92. The number of rotatable bonds is 5.